The van der Waals surface area contributed by atoms with Crippen molar-refractivity contribution in [2.24, 2.45) is 0 Å². The number of aliphatic hydroxyl groups is 4. The Morgan fingerprint density at radius 1 is 1.00 bits per heavy atom. The second-order valence-electron chi connectivity index (χ2n) is 3.46. The normalized spacial score (nSPS) is 15.6. The molecule has 18 heavy (non-hydrogen) atoms. The molecule has 3 atom stereocenters. The van der Waals surface area contributed by atoms with Crippen molar-refractivity contribution in [2.45, 2.75) is 25.2 Å². The van der Waals surface area contributed by atoms with Crippen LogP contribution in [0.1, 0.15) is 6.92 Å². The number of rotatable bonds is 6. The summed E-state index contributed by atoms with van der Waals surface area (Å²) in [5.74, 6) is -4.29. The van der Waals surface area contributed by atoms with E-state index in [4.69, 9.17) is 25.5 Å². The molecule has 0 aromatic rings. The van der Waals surface area contributed by atoms with Gasteiger partial charge in [0.1, 0.15) is 6.04 Å². The Morgan fingerprint density at radius 3 is 1.56 bits per heavy atom. The van der Waals surface area contributed by atoms with Gasteiger partial charge in [0.2, 0.25) is 0 Å². The predicted molar refractivity (Wildman–Crippen MR) is 55.1 cm³/mol. The molecule has 0 aliphatic carbocycles. The number of carboxylic acid groups (broad SMARTS) is 1. The summed E-state index contributed by atoms with van der Waals surface area (Å²) in [6, 6.07) is -1.66. The molecule has 0 saturated carbocycles. The molecular weight excluding hydrogens is 250 g/mol. The van der Waals surface area contributed by atoms with Gasteiger partial charge in [-0.1, -0.05) is 0 Å². The highest BCUT2D eigenvalue weighted by Gasteiger charge is 2.37. The fourth-order valence-corrected chi connectivity index (χ4v) is 1.08. The van der Waals surface area contributed by atoms with E-state index in [1.807, 2.05) is 0 Å². The highest BCUT2D eigenvalue weighted by atomic mass is 16.4. The fourth-order valence-electron chi connectivity index (χ4n) is 1.08. The Labute approximate surface area is 102 Å². The zero-order chi connectivity index (χ0) is 14.5. The molecule has 0 aromatic carbocycles. The molecule has 0 spiro atoms. The maximum absolute atomic E-state index is 11.5. The topological polar surface area (TPSA) is 156 Å². The maximum Gasteiger partial charge on any atom is 0.326 e. The van der Waals surface area contributed by atoms with E-state index in [-0.39, 0.29) is 4.90 Å². The molecule has 0 radical (unpaired) electrons. The highest BCUT2D eigenvalue weighted by Crippen LogP contribution is 2.07. The molecule has 0 saturated heterocycles. The van der Waals surface area contributed by atoms with Gasteiger partial charge >= 0.3 is 5.97 Å². The lowest BCUT2D eigenvalue weighted by Crippen LogP contribution is -2.55. The lowest BCUT2D eigenvalue weighted by Gasteiger charge is -2.27. The SMILES string of the molecule is CC(C(=O)O)N(C(=O)C(O)CO)C(=O)C(O)CO. The summed E-state index contributed by atoms with van der Waals surface area (Å²) >= 11 is 0. The quantitative estimate of drug-likeness (QED) is 0.331. The molecule has 0 heterocycles. The second-order valence-corrected chi connectivity index (χ2v) is 3.46. The second kappa shape index (κ2) is 7.01. The van der Waals surface area contributed by atoms with Gasteiger partial charge in [0.05, 0.1) is 13.2 Å². The van der Waals surface area contributed by atoms with Gasteiger partial charge in [0.15, 0.2) is 12.2 Å². The Morgan fingerprint density at radius 2 is 1.33 bits per heavy atom. The zero-order valence-corrected chi connectivity index (χ0v) is 9.55. The molecule has 3 unspecified atom stereocenters. The third kappa shape index (κ3) is 3.74. The van der Waals surface area contributed by atoms with Crippen molar-refractivity contribution in [1.29, 1.82) is 0 Å². The average Bonchev–Trinajstić information content (AvgIpc) is 2.36. The molecule has 0 bridgehead atoms. The minimum Gasteiger partial charge on any atom is -0.480 e. The van der Waals surface area contributed by atoms with Crippen LogP contribution in [0.25, 0.3) is 0 Å². The van der Waals surface area contributed by atoms with Gasteiger partial charge in [0, 0.05) is 0 Å². The fraction of sp³-hybridized carbons (Fsp3) is 0.667. The van der Waals surface area contributed by atoms with Crippen LogP contribution in [0.2, 0.25) is 0 Å². The number of carbonyl (C=O) groups is 3. The van der Waals surface area contributed by atoms with Crippen molar-refractivity contribution in [1.82, 2.24) is 4.90 Å². The summed E-state index contributed by atoms with van der Waals surface area (Å²) in [6.45, 7) is -1.04. The first kappa shape index (κ1) is 16.4. The summed E-state index contributed by atoms with van der Waals surface area (Å²) in [5, 5.41) is 44.1. The van der Waals surface area contributed by atoms with Crippen LogP contribution >= 0.6 is 0 Å². The molecule has 2 amide bonds. The molecule has 0 aromatic heterocycles. The number of hydrogen-bond donors (Lipinski definition) is 5. The van der Waals surface area contributed by atoms with Gasteiger partial charge in [0.25, 0.3) is 11.8 Å². The predicted octanol–water partition coefficient (Wildman–Crippen LogP) is -3.48. The van der Waals surface area contributed by atoms with E-state index in [1.54, 1.807) is 0 Å². The van der Waals surface area contributed by atoms with Crippen LogP contribution in [0.3, 0.4) is 0 Å². The van der Waals surface area contributed by atoms with Crippen molar-refractivity contribution in [3.63, 3.8) is 0 Å². The smallest absolute Gasteiger partial charge is 0.326 e. The van der Waals surface area contributed by atoms with E-state index in [0.717, 1.165) is 6.92 Å². The van der Waals surface area contributed by atoms with Crippen LogP contribution < -0.4 is 0 Å². The molecule has 104 valence electrons. The monoisotopic (exact) mass is 265 g/mol. The van der Waals surface area contributed by atoms with Gasteiger partial charge in [-0.2, -0.15) is 0 Å². The first-order valence-electron chi connectivity index (χ1n) is 4.95. The van der Waals surface area contributed by atoms with Gasteiger partial charge in [-0.25, -0.2) is 4.79 Å². The summed E-state index contributed by atoms with van der Waals surface area (Å²) in [7, 11) is 0. The van der Waals surface area contributed by atoms with Crippen molar-refractivity contribution < 1.29 is 39.9 Å². The molecule has 5 N–H and O–H groups in total. The minimum absolute atomic E-state index is 0.0874. The molecule has 0 aliphatic heterocycles. The Hall–Kier alpha value is -1.55. The molecular formula is C9H15NO8. The summed E-state index contributed by atoms with van der Waals surface area (Å²) in [5.41, 5.74) is 0. The average molecular weight is 265 g/mol. The molecule has 0 fully saturated rings. The van der Waals surface area contributed by atoms with E-state index in [2.05, 4.69) is 0 Å². The number of nitrogens with zero attached hydrogens (tertiary/aromatic N) is 1. The summed E-state index contributed by atoms with van der Waals surface area (Å²) in [6.07, 6.45) is -3.97. The van der Waals surface area contributed by atoms with Gasteiger partial charge in [-0.3, -0.25) is 14.5 Å². The minimum atomic E-state index is -1.98. The van der Waals surface area contributed by atoms with Gasteiger partial charge in [-0.05, 0) is 6.92 Å². The third-order valence-electron chi connectivity index (χ3n) is 2.14. The summed E-state index contributed by atoms with van der Waals surface area (Å²) in [4.78, 5) is 33.9. The van der Waals surface area contributed by atoms with Crippen LogP contribution in [0.15, 0.2) is 0 Å². The van der Waals surface area contributed by atoms with Crippen LogP contribution in [-0.4, -0.2) is 79.7 Å². The standard InChI is InChI=1S/C9H15NO8/c1-4(9(17)18)10(7(15)5(13)2-11)8(16)6(14)3-12/h4-6,11-14H,2-3H2,1H3,(H,17,18). The van der Waals surface area contributed by atoms with E-state index in [1.165, 1.54) is 0 Å². The Balaban J connectivity index is 5.24. The number of amides is 2. The number of imide groups is 1. The zero-order valence-electron chi connectivity index (χ0n) is 9.55. The first-order valence-corrected chi connectivity index (χ1v) is 4.95. The Kier molecular flexibility index (Phi) is 6.41. The van der Waals surface area contributed by atoms with E-state index >= 15 is 0 Å². The van der Waals surface area contributed by atoms with Crippen molar-refractivity contribution in [2.75, 3.05) is 13.2 Å². The summed E-state index contributed by atoms with van der Waals surface area (Å²) < 4.78 is 0. The maximum atomic E-state index is 11.5. The van der Waals surface area contributed by atoms with Gasteiger partial charge in [-0.15, -0.1) is 0 Å². The van der Waals surface area contributed by atoms with Crippen LogP contribution in [0, 0.1) is 0 Å². The lowest BCUT2D eigenvalue weighted by atomic mass is 10.2. The van der Waals surface area contributed by atoms with Crippen LogP contribution in [-0.2, 0) is 14.4 Å². The third-order valence-corrected chi connectivity index (χ3v) is 2.14. The number of aliphatic hydroxyl groups excluding tert-OH is 4. The number of aliphatic carboxylic acids is 1. The van der Waals surface area contributed by atoms with Gasteiger partial charge < -0.3 is 25.5 Å². The first-order chi connectivity index (χ1) is 8.27. The largest absolute Gasteiger partial charge is 0.480 e. The van der Waals surface area contributed by atoms with Crippen molar-refractivity contribution in [3.05, 3.63) is 0 Å². The van der Waals surface area contributed by atoms with Crippen molar-refractivity contribution in [3.8, 4) is 0 Å². The number of carboxylic acids is 1. The van der Waals surface area contributed by atoms with E-state index in [0.29, 0.717) is 0 Å². The van der Waals surface area contributed by atoms with Crippen LogP contribution in [0.4, 0.5) is 0 Å². The van der Waals surface area contributed by atoms with E-state index < -0.39 is 49.2 Å². The number of carbonyl (C=O) groups excluding carboxylic acids is 2. The Bertz CT molecular complexity index is 309. The molecule has 9 heteroatoms. The number of hydrogen-bond acceptors (Lipinski definition) is 7. The van der Waals surface area contributed by atoms with Crippen molar-refractivity contribution >= 4 is 17.8 Å². The lowest BCUT2D eigenvalue weighted by molar-refractivity contribution is -0.166. The van der Waals surface area contributed by atoms with E-state index in [9.17, 15) is 14.4 Å². The highest BCUT2D eigenvalue weighted by molar-refractivity contribution is 6.02. The molecule has 9 nitrogen and oxygen atoms in total. The van der Waals surface area contributed by atoms with Crippen LogP contribution in [0.5, 0.6) is 0 Å². The molecule has 0 aliphatic rings. The molecule has 0 rings (SSSR count).